The predicted octanol–water partition coefficient (Wildman–Crippen LogP) is 3.46. The van der Waals surface area contributed by atoms with E-state index in [9.17, 15) is 25.9 Å². The van der Waals surface area contributed by atoms with Crippen LogP contribution in [-0.2, 0) is 4.74 Å². The van der Waals surface area contributed by atoms with Crippen molar-refractivity contribution in [3.63, 3.8) is 0 Å². The molecule has 7 nitrogen and oxygen atoms in total. The van der Waals surface area contributed by atoms with E-state index in [0.717, 1.165) is 29.1 Å². The minimum atomic E-state index is -8.55. The number of nitrogens with zero attached hydrogens (tertiary/aromatic N) is 4. The number of rotatable bonds is 0. The van der Waals surface area contributed by atoms with Gasteiger partial charge in [-0.3, -0.25) is 14.2 Å². The van der Waals surface area contributed by atoms with Crippen LogP contribution in [0.25, 0.3) is 11.0 Å². The fraction of sp³-hybridized carbons (Fsp3) is 0.462. The first-order valence-electron chi connectivity index (χ1n) is 7.62. The summed E-state index contributed by atoms with van der Waals surface area (Å²) in [6, 6.07) is 5.27. The Kier molecular flexibility index (Phi) is 7.48. The number of halogens is 7. The van der Waals surface area contributed by atoms with Gasteiger partial charge in [-0.2, -0.15) is 0 Å². The van der Waals surface area contributed by atoms with Crippen LogP contribution in [0, 0.1) is 4.91 Å². The van der Waals surface area contributed by atoms with E-state index in [1.165, 1.54) is 0 Å². The Labute approximate surface area is 160 Å². The molecule has 0 bridgehead atoms. The third-order valence-corrected chi connectivity index (χ3v) is 3.72. The number of ether oxygens (including phenoxy) is 1. The Bertz CT molecular complexity index is 899. The molecule has 28 heavy (non-hydrogen) atoms. The van der Waals surface area contributed by atoms with Gasteiger partial charge in [0.2, 0.25) is 5.52 Å². The molecule has 15 heteroatoms. The Morgan fingerprint density at radius 3 is 2.25 bits per heavy atom. The number of H-pyrrole nitrogens is 1. The summed E-state index contributed by atoms with van der Waals surface area (Å²) in [5.41, 5.74) is 1.29. The van der Waals surface area contributed by atoms with Crippen molar-refractivity contribution in [2.75, 3.05) is 40.4 Å². The number of hydrogen-bond acceptors (Lipinski definition) is 2. The molecule has 1 fully saturated rings. The van der Waals surface area contributed by atoms with Gasteiger partial charge in [0.25, 0.3) is 5.52 Å². The Hall–Kier alpha value is -1.85. The molecule has 2 aromatic rings. The molecule has 1 aliphatic heterocycles. The minimum absolute atomic E-state index is 0. The zero-order chi connectivity index (χ0) is 20.4. The number of aromatic amines is 1. The number of benzene rings is 1. The van der Waals surface area contributed by atoms with Crippen molar-refractivity contribution in [3.8, 4) is 0 Å². The summed E-state index contributed by atoms with van der Waals surface area (Å²) in [6.45, 7) is 2.93. The van der Waals surface area contributed by atoms with E-state index in [1.54, 1.807) is 16.8 Å². The summed E-state index contributed by atoms with van der Waals surface area (Å²) in [5.74, 6) is 0.903. The molecule has 1 N–H and O–H groups in total. The van der Waals surface area contributed by atoms with Gasteiger partial charge < -0.3 is 4.74 Å². The van der Waals surface area contributed by atoms with Crippen molar-refractivity contribution in [3.05, 3.63) is 28.1 Å². The van der Waals surface area contributed by atoms with Gasteiger partial charge >= 0.3 is 35.1 Å². The van der Waals surface area contributed by atoms with Crippen molar-refractivity contribution in [1.82, 2.24) is 14.8 Å². The van der Waals surface area contributed by atoms with Gasteiger partial charge in [0, 0.05) is 11.1 Å². The van der Waals surface area contributed by atoms with Crippen molar-refractivity contribution >= 4 is 36.8 Å². The van der Waals surface area contributed by atoms with Gasteiger partial charge in [0.05, 0.1) is 44.9 Å². The van der Waals surface area contributed by atoms with E-state index in [2.05, 4.69) is 10.1 Å². The predicted molar refractivity (Wildman–Crippen MR) is 94.5 cm³/mol. The molecular formula is C13H19ClF6N5O2P+2. The summed E-state index contributed by atoms with van der Waals surface area (Å²) < 4.78 is 59.1. The van der Waals surface area contributed by atoms with E-state index in [-0.39, 0.29) is 4.70 Å². The molecule has 0 spiro atoms. The topological polar surface area (TPSA) is 59.2 Å². The first kappa shape index (κ1) is 24.2. The average Bonchev–Trinajstić information content (AvgIpc) is 2.82. The summed E-state index contributed by atoms with van der Waals surface area (Å²) in [6.07, 6.45) is 0. The number of nitrogens with one attached hydrogen (secondary N) is 1. The molecule has 2 heterocycles. The summed E-state index contributed by atoms with van der Waals surface area (Å²) in [5, 5.41) is 3.35. The Morgan fingerprint density at radius 2 is 1.75 bits per heavy atom. The molecule has 160 valence electrons. The van der Waals surface area contributed by atoms with Crippen molar-refractivity contribution in [2.24, 2.45) is 0 Å². The average molecular weight is 458 g/mol. The van der Waals surface area contributed by atoms with Crippen molar-refractivity contribution in [1.29, 1.82) is 0 Å². The van der Waals surface area contributed by atoms with Gasteiger partial charge in [-0.1, -0.05) is 16.3 Å². The van der Waals surface area contributed by atoms with Crippen LogP contribution in [0.2, 0.25) is 5.02 Å². The molecule has 0 aliphatic carbocycles. The first-order valence-corrected chi connectivity index (χ1v) is 9.69. The summed E-state index contributed by atoms with van der Waals surface area (Å²) >= 11 is 5.97. The molecule has 1 aromatic heterocycles. The SMILES string of the molecule is C[N+](C)=C(N1CCOCC1)n1[nH][n+](=O)c2cc(Cl)ccc21.F.FP(F)(F)(F)F. The number of aromatic nitrogens is 3. The van der Waals surface area contributed by atoms with E-state index < -0.39 is 8.16 Å². The second kappa shape index (κ2) is 8.66. The summed E-state index contributed by atoms with van der Waals surface area (Å²) in [4.78, 5) is 14.3. The fourth-order valence-electron chi connectivity index (χ4n) is 2.59. The molecule has 3 rings (SSSR count). The van der Waals surface area contributed by atoms with Gasteiger partial charge in [0.1, 0.15) is 0 Å². The monoisotopic (exact) mass is 457 g/mol. The Morgan fingerprint density at radius 1 is 1.21 bits per heavy atom. The zero-order valence-corrected chi connectivity index (χ0v) is 16.4. The fourth-order valence-corrected chi connectivity index (χ4v) is 2.75. The third kappa shape index (κ3) is 6.95. The molecule has 0 radical (unpaired) electrons. The van der Waals surface area contributed by atoms with Crippen LogP contribution < -0.4 is 4.54 Å². The van der Waals surface area contributed by atoms with Crippen LogP contribution >= 0.6 is 19.8 Å². The van der Waals surface area contributed by atoms with Crippen LogP contribution in [0.15, 0.2) is 18.2 Å². The quantitative estimate of drug-likeness (QED) is 0.217. The van der Waals surface area contributed by atoms with Crippen LogP contribution in [0.5, 0.6) is 0 Å². The summed E-state index contributed by atoms with van der Waals surface area (Å²) in [7, 11) is -4.64. The van der Waals surface area contributed by atoms with E-state index in [0.29, 0.717) is 23.8 Å². The molecular weight excluding hydrogens is 439 g/mol. The first-order chi connectivity index (χ1) is 12.3. The van der Waals surface area contributed by atoms with Gasteiger partial charge in [-0.05, 0) is 22.3 Å². The molecule has 1 saturated heterocycles. The maximum absolute atomic E-state index is 12.1. The molecule has 1 aromatic carbocycles. The van der Waals surface area contributed by atoms with E-state index in [4.69, 9.17) is 16.3 Å². The van der Waals surface area contributed by atoms with Gasteiger partial charge in [0.15, 0.2) is 0 Å². The zero-order valence-electron chi connectivity index (χ0n) is 14.8. The van der Waals surface area contributed by atoms with Crippen LogP contribution in [0.4, 0.5) is 25.7 Å². The number of morpholine rings is 1. The maximum atomic E-state index is 12.1. The molecule has 1 aliphatic rings. The molecule has 0 amide bonds. The number of hydrogen-bond donors (Lipinski definition) is 1. The van der Waals surface area contributed by atoms with Gasteiger partial charge in [-0.15, -0.1) is 0 Å². The van der Waals surface area contributed by atoms with Crippen molar-refractivity contribution < 1.29 is 39.5 Å². The van der Waals surface area contributed by atoms with E-state index in [1.807, 2.05) is 24.7 Å². The van der Waals surface area contributed by atoms with Crippen molar-refractivity contribution in [2.45, 2.75) is 0 Å². The third-order valence-electron chi connectivity index (χ3n) is 3.48. The van der Waals surface area contributed by atoms with Gasteiger partial charge in [-0.25, -0.2) is 0 Å². The van der Waals surface area contributed by atoms with Crippen LogP contribution in [0.1, 0.15) is 0 Å². The normalized spacial score (nSPS) is 15.7. The molecule has 0 saturated carbocycles. The van der Waals surface area contributed by atoms with Crippen LogP contribution in [-0.4, -0.2) is 65.7 Å². The Balaban J connectivity index is 0.000000492. The second-order valence-corrected chi connectivity index (χ2v) is 7.51. The number of fused-ring (bicyclic) bond motifs is 1. The van der Waals surface area contributed by atoms with E-state index >= 15 is 0 Å². The molecule has 0 unspecified atom stereocenters. The molecule has 0 atom stereocenters. The van der Waals surface area contributed by atoms with Crippen LogP contribution in [0.3, 0.4) is 0 Å². The second-order valence-electron chi connectivity index (χ2n) is 5.80. The standard InChI is InChI=1S/C13H18ClN5O2.F5P.FH/c1-16(2)13(17-5-7-21-8-6-17)18-11-4-3-10(14)9-12(11)19(20)15-18;1-6(2,3,4)5;/h3-4,9H,5-8H2,1-2H3,(H,15,20);;1H/q+2;;.